The average molecular weight is 279 g/mol. The van der Waals surface area contributed by atoms with E-state index in [-0.39, 0.29) is 17.2 Å². The first-order valence-corrected chi connectivity index (χ1v) is 5.79. The zero-order chi connectivity index (χ0) is 14.5. The molecule has 0 spiro atoms. The first-order valence-electron chi connectivity index (χ1n) is 5.79. The van der Waals surface area contributed by atoms with Gasteiger partial charge in [0.05, 0.1) is 12.4 Å². The van der Waals surface area contributed by atoms with Crippen molar-refractivity contribution < 1.29 is 13.6 Å². The largest absolute Gasteiger partial charge is 0.381 e. The second-order valence-electron chi connectivity index (χ2n) is 3.77. The zero-order valence-electron chi connectivity index (χ0n) is 10.5. The number of rotatable bonds is 4. The minimum atomic E-state index is -0.843. The lowest BCUT2D eigenvalue weighted by Gasteiger charge is -2.08. The Morgan fingerprint density at radius 2 is 1.95 bits per heavy atom. The van der Waals surface area contributed by atoms with E-state index in [1.807, 2.05) is 0 Å². The highest BCUT2D eigenvalue weighted by atomic mass is 19.1. The van der Waals surface area contributed by atoms with Crippen LogP contribution in [0.1, 0.15) is 17.3 Å². The van der Waals surface area contributed by atoms with E-state index < -0.39 is 17.5 Å². The quantitative estimate of drug-likeness (QED) is 0.892. The molecule has 0 aliphatic rings. The number of halogens is 2. The molecular formula is C12H11F2N5O. The van der Waals surface area contributed by atoms with Crippen molar-refractivity contribution in [2.24, 2.45) is 0 Å². The number of hydrogen-bond donors (Lipinski definition) is 2. The highest BCUT2D eigenvalue weighted by Crippen LogP contribution is 2.21. The summed E-state index contributed by atoms with van der Waals surface area (Å²) in [6.07, 6.45) is 2.66. The number of carbonyl (C=O) groups excluding carboxylic acids is 1. The van der Waals surface area contributed by atoms with Gasteiger partial charge in [-0.15, -0.1) is 5.10 Å². The van der Waals surface area contributed by atoms with Gasteiger partial charge in [0.1, 0.15) is 17.3 Å². The maximum absolute atomic E-state index is 13.7. The number of hydrogen-bond acceptors (Lipinski definition) is 5. The van der Waals surface area contributed by atoms with E-state index in [9.17, 15) is 13.6 Å². The summed E-state index contributed by atoms with van der Waals surface area (Å²) >= 11 is 0. The smallest absolute Gasteiger partial charge is 0.258 e. The number of benzene rings is 1. The van der Waals surface area contributed by atoms with Gasteiger partial charge in [-0.3, -0.25) is 10.1 Å². The molecule has 0 bridgehead atoms. The van der Waals surface area contributed by atoms with Gasteiger partial charge in [-0.05, 0) is 19.1 Å². The van der Waals surface area contributed by atoms with Crippen molar-refractivity contribution in [3.63, 3.8) is 0 Å². The fourth-order valence-electron chi connectivity index (χ4n) is 1.53. The second kappa shape index (κ2) is 6.00. The molecule has 0 aliphatic carbocycles. The summed E-state index contributed by atoms with van der Waals surface area (Å²) in [5, 5.41) is 11.9. The van der Waals surface area contributed by atoms with E-state index in [2.05, 4.69) is 25.8 Å². The van der Waals surface area contributed by atoms with Crippen LogP contribution in [-0.2, 0) is 0 Å². The Labute approximate surface area is 113 Å². The van der Waals surface area contributed by atoms with Crippen LogP contribution < -0.4 is 10.6 Å². The molecule has 0 fully saturated rings. The Kier molecular flexibility index (Phi) is 4.14. The molecule has 1 aromatic carbocycles. The molecule has 0 unspecified atom stereocenters. The Bertz CT molecular complexity index is 597. The maximum atomic E-state index is 13.7. The molecule has 8 heteroatoms. The lowest BCUT2D eigenvalue weighted by molar-refractivity contribution is 0.102. The standard InChI is InChI=1S/C12H11F2N5O/c1-2-15-10-8(13)5-7(6-9(10)14)11(20)18-12-16-3-4-17-19-12/h3-6,15H,2H2,1H3,(H,16,18,19,20). The predicted molar refractivity (Wildman–Crippen MR) is 68.3 cm³/mol. The van der Waals surface area contributed by atoms with E-state index in [1.54, 1.807) is 6.92 Å². The summed E-state index contributed by atoms with van der Waals surface area (Å²) in [6, 6.07) is 1.87. The summed E-state index contributed by atoms with van der Waals surface area (Å²) in [5.74, 6) is -2.46. The molecule has 0 saturated heterocycles. The molecule has 1 aromatic heterocycles. The fourth-order valence-corrected chi connectivity index (χ4v) is 1.53. The second-order valence-corrected chi connectivity index (χ2v) is 3.77. The Hall–Kier alpha value is -2.64. The van der Waals surface area contributed by atoms with Gasteiger partial charge in [0.15, 0.2) is 0 Å². The predicted octanol–water partition coefficient (Wildman–Crippen LogP) is 1.83. The van der Waals surface area contributed by atoms with Crippen LogP contribution in [0.15, 0.2) is 24.5 Å². The van der Waals surface area contributed by atoms with Crippen molar-refractivity contribution in [1.29, 1.82) is 0 Å². The summed E-state index contributed by atoms with van der Waals surface area (Å²) in [4.78, 5) is 15.5. The number of carbonyl (C=O) groups is 1. The van der Waals surface area contributed by atoms with Crippen LogP contribution in [0.3, 0.4) is 0 Å². The van der Waals surface area contributed by atoms with Crippen LogP contribution in [0.25, 0.3) is 0 Å². The van der Waals surface area contributed by atoms with Gasteiger partial charge < -0.3 is 5.32 Å². The number of anilines is 2. The third kappa shape index (κ3) is 3.02. The third-order valence-corrected chi connectivity index (χ3v) is 2.37. The van der Waals surface area contributed by atoms with E-state index in [0.29, 0.717) is 6.54 Å². The molecule has 104 valence electrons. The van der Waals surface area contributed by atoms with Gasteiger partial charge in [-0.25, -0.2) is 13.8 Å². The van der Waals surface area contributed by atoms with Crippen LogP contribution in [0.4, 0.5) is 20.4 Å². The van der Waals surface area contributed by atoms with E-state index in [4.69, 9.17) is 0 Å². The van der Waals surface area contributed by atoms with Crippen molar-refractivity contribution in [2.75, 3.05) is 17.2 Å². The molecule has 0 atom stereocenters. The van der Waals surface area contributed by atoms with Crippen LogP contribution in [0, 0.1) is 11.6 Å². The Morgan fingerprint density at radius 3 is 2.50 bits per heavy atom. The summed E-state index contributed by atoms with van der Waals surface area (Å²) < 4.78 is 27.3. The molecule has 20 heavy (non-hydrogen) atoms. The summed E-state index contributed by atoms with van der Waals surface area (Å²) in [7, 11) is 0. The minimum Gasteiger partial charge on any atom is -0.381 e. The van der Waals surface area contributed by atoms with Gasteiger partial charge in [0, 0.05) is 12.1 Å². The highest BCUT2D eigenvalue weighted by molar-refractivity contribution is 6.03. The molecule has 0 saturated carbocycles. The first-order chi connectivity index (χ1) is 9.61. The highest BCUT2D eigenvalue weighted by Gasteiger charge is 2.15. The first kappa shape index (κ1) is 13.8. The fraction of sp³-hybridized carbons (Fsp3) is 0.167. The molecule has 0 radical (unpaired) electrons. The topological polar surface area (TPSA) is 79.8 Å². The number of aromatic nitrogens is 3. The lowest BCUT2D eigenvalue weighted by atomic mass is 10.1. The molecule has 2 aromatic rings. The van der Waals surface area contributed by atoms with Crippen molar-refractivity contribution in [3.8, 4) is 0 Å². The van der Waals surface area contributed by atoms with Gasteiger partial charge in [0.25, 0.3) is 5.91 Å². The number of amides is 1. The van der Waals surface area contributed by atoms with E-state index >= 15 is 0 Å². The molecule has 2 N–H and O–H groups in total. The maximum Gasteiger partial charge on any atom is 0.258 e. The van der Waals surface area contributed by atoms with Crippen LogP contribution >= 0.6 is 0 Å². The van der Waals surface area contributed by atoms with Crippen LogP contribution in [-0.4, -0.2) is 27.6 Å². The third-order valence-electron chi connectivity index (χ3n) is 2.37. The molecule has 6 nitrogen and oxygen atoms in total. The Morgan fingerprint density at radius 1 is 1.25 bits per heavy atom. The van der Waals surface area contributed by atoms with Crippen molar-refractivity contribution in [1.82, 2.24) is 15.2 Å². The van der Waals surface area contributed by atoms with Crippen LogP contribution in [0.5, 0.6) is 0 Å². The Balaban J connectivity index is 2.23. The van der Waals surface area contributed by atoms with Crippen molar-refractivity contribution in [3.05, 3.63) is 41.7 Å². The average Bonchev–Trinajstić information content (AvgIpc) is 2.43. The minimum absolute atomic E-state index is 0.0472. The van der Waals surface area contributed by atoms with Gasteiger partial charge in [-0.1, -0.05) is 0 Å². The molecular weight excluding hydrogens is 268 g/mol. The van der Waals surface area contributed by atoms with Crippen molar-refractivity contribution in [2.45, 2.75) is 6.92 Å². The molecule has 0 aliphatic heterocycles. The van der Waals surface area contributed by atoms with Crippen molar-refractivity contribution >= 4 is 17.5 Å². The molecule has 2 rings (SSSR count). The molecule has 1 amide bonds. The van der Waals surface area contributed by atoms with E-state index in [0.717, 1.165) is 12.1 Å². The summed E-state index contributed by atoms with van der Waals surface area (Å²) in [6.45, 7) is 2.07. The zero-order valence-corrected chi connectivity index (χ0v) is 10.5. The summed E-state index contributed by atoms with van der Waals surface area (Å²) in [5.41, 5.74) is -0.434. The number of nitrogens with one attached hydrogen (secondary N) is 2. The van der Waals surface area contributed by atoms with Gasteiger partial charge >= 0.3 is 0 Å². The monoisotopic (exact) mass is 279 g/mol. The SMILES string of the molecule is CCNc1c(F)cc(C(=O)Nc2nccnn2)cc1F. The molecule has 1 heterocycles. The van der Waals surface area contributed by atoms with Gasteiger partial charge in [0.2, 0.25) is 5.95 Å². The van der Waals surface area contributed by atoms with Gasteiger partial charge in [-0.2, -0.15) is 5.10 Å². The van der Waals surface area contributed by atoms with E-state index in [1.165, 1.54) is 12.4 Å². The van der Waals surface area contributed by atoms with Crippen LogP contribution in [0.2, 0.25) is 0 Å². The normalized spacial score (nSPS) is 10.2. The number of nitrogens with zero attached hydrogens (tertiary/aromatic N) is 3. The lowest BCUT2D eigenvalue weighted by Crippen LogP contribution is -2.15.